The molecule has 0 aromatic heterocycles. The van der Waals surface area contributed by atoms with Crippen molar-refractivity contribution in [3.05, 3.63) is 149 Å². The zero-order chi connectivity index (χ0) is 32.1. The summed E-state index contributed by atoms with van der Waals surface area (Å²) < 4.78 is 20.4. The maximum atomic E-state index is 9.50. The van der Waals surface area contributed by atoms with Crippen LogP contribution in [0.3, 0.4) is 0 Å². The van der Waals surface area contributed by atoms with Crippen LogP contribution in [-0.2, 0) is 14.7 Å². The first-order valence-electron chi connectivity index (χ1n) is 16.2. The van der Waals surface area contributed by atoms with E-state index < -0.39 is 23.7 Å². The lowest BCUT2D eigenvalue weighted by Crippen LogP contribution is -2.41. The zero-order valence-corrected chi connectivity index (χ0v) is 26.8. The molecule has 0 saturated carbocycles. The van der Waals surface area contributed by atoms with Crippen LogP contribution in [0.15, 0.2) is 121 Å². The van der Waals surface area contributed by atoms with Crippen molar-refractivity contribution >= 4 is 23.4 Å². The molecule has 1 aliphatic carbocycles. The SMILES string of the molecule is CC1(C)OB(c2cc(-c3ccc4cc(C#N)ccc4c3)c3c(c2)C2(c4ccccc4O3)c3ccccc3-c3ccccc32)OC1(C)C. The minimum atomic E-state index is -0.621. The van der Waals surface area contributed by atoms with Gasteiger partial charge < -0.3 is 14.0 Å². The Labute approximate surface area is 275 Å². The van der Waals surface area contributed by atoms with E-state index in [2.05, 4.69) is 131 Å². The predicted molar refractivity (Wildman–Crippen MR) is 187 cm³/mol. The first-order chi connectivity index (χ1) is 22.7. The molecule has 6 aromatic carbocycles. The molecule has 5 heteroatoms. The molecule has 0 atom stereocenters. The second-order valence-corrected chi connectivity index (χ2v) is 13.9. The summed E-state index contributed by atoms with van der Waals surface area (Å²) in [6.07, 6.45) is 0. The number of ether oxygens (including phenoxy) is 1. The molecular formula is C42H32BNO3. The predicted octanol–water partition coefficient (Wildman–Crippen LogP) is 9.15. The highest BCUT2D eigenvalue weighted by Crippen LogP contribution is 2.63. The van der Waals surface area contributed by atoms with E-state index >= 15 is 0 Å². The van der Waals surface area contributed by atoms with Gasteiger partial charge in [-0.2, -0.15) is 5.26 Å². The summed E-state index contributed by atoms with van der Waals surface area (Å²) in [5.41, 5.74) is 9.07. The van der Waals surface area contributed by atoms with Crippen LogP contribution < -0.4 is 10.2 Å². The van der Waals surface area contributed by atoms with Gasteiger partial charge in [-0.25, -0.2) is 0 Å². The molecule has 2 aliphatic heterocycles. The first kappa shape index (κ1) is 28.1. The molecule has 47 heavy (non-hydrogen) atoms. The highest BCUT2D eigenvalue weighted by Gasteiger charge is 2.55. The molecule has 9 rings (SSSR count). The topological polar surface area (TPSA) is 51.5 Å². The molecular weight excluding hydrogens is 577 g/mol. The molecule has 0 unspecified atom stereocenters. The van der Waals surface area contributed by atoms with Gasteiger partial charge in [-0.15, -0.1) is 0 Å². The fraction of sp³-hybridized carbons (Fsp3) is 0.167. The van der Waals surface area contributed by atoms with Gasteiger partial charge in [0, 0.05) is 16.7 Å². The highest BCUT2D eigenvalue weighted by molar-refractivity contribution is 6.62. The van der Waals surface area contributed by atoms with Gasteiger partial charge in [0.05, 0.1) is 28.2 Å². The Kier molecular flexibility index (Phi) is 5.79. The third-order valence-corrected chi connectivity index (χ3v) is 10.8. The average Bonchev–Trinajstić information content (AvgIpc) is 3.50. The molecule has 4 nitrogen and oxygen atoms in total. The summed E-state index contributed by atoms with van der Waals surface area (Å²) in [4.78, 5) is 0. The van der Waals surface area contributed by atoms with Gasteiger partial charge in [0.25, 0.3) is 0 Å². The molecule has 2 heterocycles. The van der Waals surface area contributed by atoms with Crippen LogP contribution in [0.2, 0.25) is 0 Å². The minimum absolute atomic E-state index is 0.498. The Morgan fingerprint density at radius 2 is 1.17 bits per heavy atom. The minimum Gasteiger partial charge on any atom is -0.456 e. The molecule has 0 N–H and O–H groups in total. The molecule has 3 aliphatic rings. The van der Waals surface area contributed by atoms with Crippen LogP contribution >= 0.6 is 0 Å². The number of fused-ring (bicyclic) bond motifs is 10. The van der Waals surface area contributed by atoms with E-state index in [1.807, 2.05) is 24.3 Å². The Morgan fingerprint density at radius 1 is 0.574 bits per heavy atom. The monoisotopic (exact) mass is 609 g/mol. The lowest BCUT2D eigenvalue weighted by molar-refractivity contribution is 0.00578. The van der Waals surface area contributed by atoms with Crippen molar-refractivity contribution in [2.75, 3.05) is 0 Å². The Morgan fingerprint density at radius 3 is 1.85 bits per heavy atom. The highest BCUT2D eigenvalue weighted by atomic mass is 16.7. The number of hydrogen-bond acceptors (Lipinski definition) is 4. The largest absolute Gasteiger partial charge is 0.494 e. The number of benzene rings is 6. The Hall–Kier alpha value is -5.15. The summed E-state index contributed by atoms with van der Waals surface area (Å²) in [6, 6.07) is 44.9. The number of hydrogen-bond donors (Lipinski definition) is 0. The van der Waals surface area contributed by atoms with Crippen LogP contribution in [0.25, 0.3) is 33.0 Å². The van der Waals surface area contributed by atoms with Gasteiger partial charge in [-0.1, -0.05) is 97.1 Å². The number of para-hydroxylation sites is 1. The number of rotatable bonds is 2. The number of nitrogens with zero attached hydrogens (tertiary/aromatic N) is 1. The quantitative estimate of drug-likeness (QED) is 0.184. The Balaban J connectivity index is 1.39. The molecule has 0 radical (unpaired) electrons. The average molecular weight is 610 g/mol. The van der Waals surface area contributed by atoms with Crippen LogP contribution in [0.1, 0.15) is 55.5 Å². The molecule has 1 fully saturated rings. The lowest BCUT2D eigenvalue weighted by atomic mass is 9.63. The van der Waals surface area contributed by atoms with Gasteiger partial charge in [0.15, 0.2) is 0 Å². The van der Waals surface area contributed by atoms with Gasteiger partial charge in [0.2, 0.25) is 0 Å². The van der Waals surface area contributed by atoms with E-state index in [4.69, 9.17) is 14.0 Å². The first-order valence-corrected chi connectivity index (χ1v) is 16.2. The van der Waals surface area contributed by atoms with Crippen molar-refractivity contribution in [1.29, 1.82) is 5.26 Å². The van der Waals surface area contributed by atoms with Crippen LogP contribution in [-0.4, -0.2) is 18.3 Å². The number of nitriles is 1. The second-order valence-electron chi connectivity index (χ2n) is 13.9. The van der Waals surface area contributed by atoms with E-state index in [1.165, 1.54) is 22.3 Å². The fourth-order valence-corrected chi connectivity index (χ4v) is 7.79. The van der Waals surface area contributed by atoms with Gasteiger partial charge in [0.1, 0.15) is 11.5 Å². The molecule has 0 bridgehead atoms. The summed E-state index contributed by atoms with van der Waals surface area (Å²) in [6.45, 7) is 8.37. The Bertz CT molecular complexity index is 2270. The summed E-state index contributed by atoms with van der Waals surface area (Å²) >= 11 is 0. The molecule has 1 spiro atoms. The van der Waals surface area contributed by atoms with Crippen molar-refractivity contribution in [1.82, 2.24) is 0 Å². The normalized spacial score (nSPS) is 17.4. The lowest BCUT2D eigenvalue weighted by Gasteiger charge is -2.40. The van der Waals surface area contributed by atoms with Crippen LogP contribution in [0, 0.1) is 11.3 Å². The molecule has 226 valence electrons. The van der Waals surface area contributed by atoms with Crippen molar-refractivity contribution in [3.63, 3.8) is 0 Å². The van der Waals surface area contributed by atoms with Gasteiger partial charge >= 0.3 is 7.12 Å². The third kappa shape index (κ3) is 3.83. The molecule has 6 aromatic rings. The maximum absolute atomic E-state index is 9.50. The molecule has 1 saturated heterocycles. The molecule has 0 amide bonds. The van der Waals surface area contributed by atoms with E-state index in [-0.39, 0.29) is 0 Å². The van der Waals surface area contributed by atoms with E-state index in [0.717, 1.165) is 50.0 Å². The maximum Gasteiger partial charge on any atom is 0.494 e. The smallest absolute Gasteiger partial charge is 0.456 e. The van der Waals surface area contributed by atoms with Crippen LogP contribution in [0.5, 0.6) is 11.5 Å². The summed E-state index contributed by atoms with van der Waals surface area (Å²) in [5.74, 6) is 1.67. The van der Waals surface area contributed by atoms with Crippen molar-refractivity contribution in [2.24, 2.45) is 0 Å². The third-order valence-electron chi connectivity index (χ3n) is 10.8. The van der Waals surface area contributed by atoms with Crippen molar-refractivity contribution in [3.8, 4) is 39.8 Å². The van der Waals surface area contributed by atoms with Crippen molar-refractivity contribution < 1.29 is 14.0 Å². The van der Waals surface area contributed by atoms with Gasteiger partial charge in [-0.3, -0.25) is 0 Å². The van der Waals surface area contributed by atoms with Gasteiger partial charge in [-0.05, 0) is 96.0 Å². The van der Waals surface area contributed by atoms with E-state index in [9.17, 15) is 5.26 Å². The zero-order valence-electron chi connectivity index (χ0n) is 26.8. The van der Waals surface area contributed by atoms with E-state index in [1.54, 1.807) is 0 Å². The summed E-state index contributed by atoms with van der Waals surface area (Å²) in [5, 5.41) is 11.6. The summed E-state index contributed by atoms with van der Waals surface area (Å²) in [7, 11) is -0.566. The standard InChI is InChI=1S/C42H32BNO3/c1-40(2)41(3,4)47-43(46-40)30-23-33(29-20-19-27-21-26(25-44)17-18-28(27)22-29)39-37(24-30)42(36-15-9-10-16-38(36)45-39)34-13-7-5-11-31(34)32-12-6-8-14-35(32)42/h5-24H,1-4H3. The van der Waals surface area contributed by atoms with Crippen molar-refractivity contribution in [2.45, 2.75) is 44.3 Å². The second kappa shape index (κ2) is 9.69. The fourth-order valence-electron chi connectivity index (χ4n) is 7.79. The van der Waals surface area contributed by atoms with Crippen LogP contribution in [0.4, 0.5) is 0 Å². The van der Waals surface area contributed by atoms with E-state index in [0.29, 0.717) is 5.56 Å².